The predicted octanol–water partition coefficient (Wildman–Crippen LogP) is 0.612. The van der Waals surface area contributed by atoms with Crippen molar-refractivity contribution in [3.63, 3.8) is 0 Å². The fourth-order valence-corrected chi connectivity index (χ4v) is 1.58. The second-order valence-corrected chi connectivity index (χ2v) is 3.40. The van der Waals surface area contributed by atoms with Crippen molar-refractivity contribution in [3.05, 3.63) is 0 Å². The van der Waals surface area contributed by atoms with Crippen LogP contribution in [0, 0.1) is 0 Å². The molecule has 0 aromatic rings. The molecule has 66 valence electrons. The van der Waals surface area contributed by atoms with Crippen molar-refractivity contribution >= 4 is 11.9 Å². The fraction of sp³-hybridized carbons (Fsp3) is 1.00. The van der Waals surface area contributed by atoms with Gasteiger partial charge >= 0.3 is 0 Å². The number of rotatable bonds is 5. The largest absolute Gasteiger partial charge is 0.382 e. The average Bonchev–Trinajstić information content (AvgIpc) is 1.94. The molecule has 0 spiro atoms. The number of hydrogen-bond acceptors (Lipinski definition) is 4. The Hall–Kier alpha value is 0.230. The fourth-order valence-electron chi connectivity index (χ4n) is 0.953. The van der Waals surface area contributed by atoms with E-state index in [4.69, 9.17) is 9.47 Å². The first-order valence-corrected chi connectivity index (χ1v) is 4.94. The molecule has 1 fully saturated rings. The zero-order chi connectivity index (χ0) is 8.10. The Kier molecular flexibility index (Phi) is 4.22. The second-order valence-electron chi connectivity index (χ2n) is 2.52. The molecule has 0 amide bonds. The highest BCUT2D eigenvalue weighted by Crippen LogP contribution is 2.18. The molecule has 0 atom stereocenters. The monoisotopic (exact) mass is 177 g/mol. The Bertz CT molecular complexity index is 107. The maximum atomic E-state index is 5.47. The average molecular weight is 177 g/mol. The van der Waals surface area contributed by atoms with E-state index in [2.05, 4.69) is 10.6 Å². The molecule has 0 aromatic heterocycles. The van der Waals surface area contributed by atoms with E-state index < -0.39 is 0 Å². The summed E-state index contributed by atoms with van der Waals surface area (Å²) in [5.41, 5.74) is 0. The molecular formula is C7H15NO2S. The van der Waals surface area contributed by atoms with E-state index in [1.165, 1.54) is 0 Å². The maximum Gasteiger partial charge on any atom is 0.0848 e. The Labute approximate surface area is 72.2 Å². The molecule has 0 unspecified atom stereocenters. The van der Waals surface area contributed by atoms with Crippen LogP contribution in [0.2, 0.25) is 0 Å². The van der Waals surface area contributed by atoms with Crippen molar-refractivity contribution in [2.45, 2.75) is 6.10 Å². The molecule has 0 bridgehead atoms. The van der Waals surface area contributed by atoms with Crippen molar-refractivity contribution in [1.82, 2.24) is 4.31 Å². The van der Waals surface area contributed by atoms with Crippen molar-refractivity contribution in [1.29, 1.82) is 0 Å². The van der Waals surface area contributed by atoms with Crippen LogP contribution in [0.25, 0.3) is 0 Å². The van der Waals surface area contributed by atoms with Crippen LogP contribution in [0.15, 0.2) is 0 Å². The van der Waals surface area contributed by atoms with Gasteiger partial charge in [-0.05, 0) is 6.26 Å². The minimum atomic E-state index is 0.442. The van der Waals surface area contributed by atoms with E-state index in [-0.39, 0.29) is 0 Å². The molecule has 1 aliphatic rings. The Morgan fingerprint density at radius 2 is 2.18 bits per heavy atom. The van der Waals surface area contributed by atoms with Crippen molar-refractivity contribution in [2.75, 3.05) is 39.7 Å². The van der Waals surface area contributed by atoms with Crippen LogP contribution in [0.1, 0.15) is 0 Å². The first kappa shape index (κ1) is 9.32. The molecule has 3 nitrogen and oxygen atoms in total. The first-order chi connectivity index (χ1) is 5.36. The third-order valence-corrected chi connectivity index (χ3v) is 2.53. The van der Waals surface area contributed by atoms with Gasteiger partial charge in [0.1, 0.15) is 0 Å². The van der Waals surface area contributed by atoms with Crippen LogP contribution < -0.4 is 0 Å². The van der Waals surface area contributed by atoms with Crippen molar-refractivity contribution in [2.24, 2.45) is 0 Å². The highest BCUT2D eigenvalue weighted by atomic mass is 32.2. The molecule has 1 rings (SSSR count). The molecule has 1 saturated heterocycles. The predicted molar refractivity (Wildman–Crippen MR) is 46.7 cm³/mol. The van der Waals surface area contributed by atoms with Gasteiger partial charge in [-0.2, -0.15) is 0 Å². The molecule has 0 aliphatic carbocycles. The number of ether oxygens (including phenoxy) is 2. The lowest BCUT2D eigenvalue weighted by Gasteiger charge is -2.36. The van der Waals surface area contributed by atoms with Crippen molar-refractivity contribution in [3.8, 4) is 0 Å². The number of hydrogen-bond donors (Lipinski definition) is 0. The van der Waals surface area contributed by atoms with Crippen LogP contribution >= 0.6 is 11.9 Å². The highest BCUT2D eigenvalue weighted by Gasteiger charge is 2.26. The summed E-state index contributed by atoms with van der Waals surface area (Å²) in [6.07, 6.45) is 2.53. The molecule has 11 heavy (non-hydrogen) atoms. The lowest BCUT2D eigenvalue weighted by atomic mass is 10.2. The third-order valence-electron chi connectivity index (χ3n) is 1.71. The van der Waals surface area contributed by atoms with E-state index in [1.807, 2.05) is 0 Å². The van der Waals surface area contributed by atoms with Crippen LogP contribution in [0.3, 0.4) is 0 Å². The normalized spacial score (nSPS) is 20.2. The van der Waals surface area contributed by atoms with E-state index in [1.54, 1.807) is 19.1 Å². The SMILES string of the molecule is COCCOC1CN(SC)C1. The van der Waals surface area contributed by atoms with Gasteiger partial charge in [0.05, 0.1) is 19.3 Å². The number of methoxy groups -OCH3 is 1. The standard InChI is InChI=1S/C7H15NO2S/c1-9-3-4-10-7-5-8(6-7)11-2/h7H,3-6H2,1-2H3. The summed E-state index contributed by atoms with van der Waals surface area (Å²) in [4.78, 5) is 0. The topological polar surface area (TPSA) is 21.7 Å². The molecule has 1 aliphatic heterocycles. The molecule has 0 aromatic carbocycles. The lowest BCUT2D eigenvalue weighted by molar-refractivity contribution is -0.0348. The molecule has 1 heterocycles. The second kappa shape index (κ2) is 4.98. The summed E-state index contributed by atoms with van der Waals surface area (Å²) < 4.78 is 12.6. The van der Waals surface area contributed by atoms with Gasteiger partial charge in [0.15, 0.2) is 0 Å². The Balaban J connectivity index is 1.88. The van der Waals surface area contributed by atoms with Crippen LogP contribution in [-0.4, -0.2) is 50.1 Å². The van der Waals surface area contributed by atoms with Gasteiger partial charge in [-0.1, -0.05) is 11.9 Å². The molecule has 0 radical (unpaired) electrons. The lowest BCUT2D eigenvalue weighted by Crippen LogP contribution is -2.48. The van der Waals surface area contributed by atoms with E-state index in [0.717, 1.165) is 19.7 Å². The summed E-state index contributed by atoms with van der Waals surface area (Å²) in [7, 11) is 1.69. The summed E-state index contributed by atoms with van der Waals surface area (Å²) in [6.45, 7) is 3.55. The van der Waals surface area contributed by atoms with Crippen LogP contribution in [0.5, 0.6) is 0 Å². The zero-order valence-electron chi connectivity index (χ0n) is 7.08. The Morgan fingerprint density at radius 1 is 1.45 bits per heavy atom. The minimum absolute atomic E-state index is 0.442. The van der Waals surface area contributed by atoms with E-state index >= 15 is 0 Å². The molecular weight excluding hydrogens is 162 g/mol. The summed E-state index contributed by atoms with van der Waals surface area (Å²) in [6, 6.07) is 0. The van der Waals surface area contributed by atoms with Gasteiger partial charge in [0, 0.05) is 20.2 Å². The summed E-state index contributed by atoms with van der Waals surface area (Å²) in [5.74, 6) is 0. The highest BCUT2D eigenvalue weighted by molar-refractivity contribution is 7.96. The smallest absolute Gasteiger partial charge is 0.0848 e. The Morgan fingerprint density at radius 3 is 2.73 bits per heavy atom. The first-order valence-electron chi connectivity index (χ1n) is 3.76. The van der Waals surface area contributed by atoms with Crippen molar-refractivity contribution < 1.29 is 9.47 Å². The molecule has 4 heteroatoms. The zero-order valence-corrected chi connectivity index (χ0v) is 7.89. The third kappa shape index (κ3) is 2.99. The van der Waals surface area contributed by atoms with Crippen LogP contribution in [0.4, 0.5) is 0 Å². The van der Waals surface area contributed by atoms with E-state index in [9.17, 15) is 0 Å². The van der Waals surface area contributed by atoms with Gasteiger partial charge < -0.3 is 9.47 Å². The van der Waals surface area contributed by atoms with Gasteiger partial charge in [-0.15, -0.1) is 0 Å². The number of nitrogens with zero attached hydrogens (tertiary/aromatic N) is 1. The van der Waals surface area contributed by atoms with Gasteiger partial charge in [-0.3, -0.25) is 0 Å². The molecule has 0 N–H and O–H groups in total. The van der Waals surface area contributed by atoms with Crippen LogP contribution in [-0.2, 0) is 9.47 Å². The summed E-state index contributed by atoms with van der Waals surface area (Å²) >= 11 is 1.78. The van der Waals surface area contributed by atoms with Gasteiger partial charge in [-0.25, -0.2) is 4.31 Å². The van der Waals surface area contributed by atoms with Gasteiger partial charge in [0.2, 0.25) is 0 Å². The van der Waals surface area contributed by atoms with Gasteiger partial charge in [0.25, 0.3) is 0 Å². The molecule has 0 saturated carbocycles. The quantitative estimate of drug-likeness (QED) is 0.453. The minimum Gasteiger partial charge on any atom is -0.382 e. The maximum absolute atomic E-state index is 5.47. The summed E-state index contributed by atoms with van der Waals surface area (Å²) in [5, 5.41) is 0. The van der Waals surface area contributed by atoms with E-state index in [0.29, 0.717) is 12.7 Å².